The van der Waals surface area contributed by atoms with Crippen LogP contribution in [0, 0.1) is 5.92 Å². The molecule has 0 unspecified atom stereocenters. The van der Waals surface area contributed by atoms with E-state index >= 15 is 0 Å². The Morgan fingerprint density at radius 2 is 1.90 bits per heavy atom. The molecule has 4 rings (SSSR count). The monoisotopic (exact) mass is 625 g/mol. The van der Waals surface area contributed by atoms with Gasteiger partial charge in [-0.05, 0) is 61.3 Å². The number of ether oxygens (including phenoxy) is 1. The summed E-state index contributed by atoms with van der Waals surface area (Å²) in [6.45, 7) is 4.54. The van der Waals surface area contributed by atoms with Crippen LogP contribution in [-0.2, 0) is 34.0 Å². The van der Waals surface area contributed by atoms with E-state index in [4.69, 9.17) is 4.74 Å². The molecule has 0 aliphatic carbocycles. The predicted molar refractivity (Wildman–Crippen MR) is 155 cm³/mol. The summed E-state index contributed by atoms with van der Waals surface area (Å²) in [7, 11) is -1.97. The molecule has 13 heteroatoms. The zero-order valence-electron chi connectivity index (χ0n) is 23.5. The number of thiophene rings is 1. The Bertz CT molecular complexity index is 1460. The van der Waals surface area contributed by atoms with Crippen molar-refractivity contribution in [3.8, 4) is 5.75 Å². The third-order valence-electron chi connectivity index (χ3n) is 7.15. The minimum absolute atomic E-state index is 0.0604. The number of anilines is 1. The number of halogens is 3. The number of fused-ring (bicyclic) bond motifs is 1. The highest BCUT2D eigenvalue weighted by Gasteiger charge is 2.32. The van der Waals surface area contributed by atoms with Gasteiger partial charge in [-0.15, -0.1) is 11.3 Å². The first-order chi connectivity index (χ1) is 19.8. The Balaban J connectivity index is 1.59. The Labute approximate surface area is 247 Å². The molecule has 2 heterocycles. The molecule has 42 heavy (non-hydrogen) atoms. The van der Waals surface area contributed by atoms with Crippen molar-refractivity contribution in [1.29, 1.82) is 0 Å². The van der Waals surface area contributed by atoms with Crippen molar-refractivity contribution in [2.24, 2.45) is 5.92 Å². The third kappa shape index (κ3) is 7.82. The molecule has 0 bridgehead atoms. The lowest BCUT2D eigenvalue weighted by Gasteiger charge is -2.34. The number of sulfonamides is 1. The summed E-state index contributed by atoms with van der Waals surface area (Å²) in [6, 6.07) is 12.5. The van der Waals surface area contributed by atoms with Crippen LogP contribution in [0.2, 0.25) is 0 Å². The first-order valence-corrected chi connectivity index (χ1v) is 15.7. The van der Waals surface area contributed by atoms with Gasteiger partial charge in [-0.3, -0.25) is 14.4 Å². The average Bonchev–Trinajstić information content (AvgIpc) is 3.48. The fourth-order valence-corrected chi connectivity index (χ4v) is 6.86. The summed E-state index contributed by atoms with van der Waals surface area (Å²) >= 11 is 1.09. The van der Waals surface area contributed by atoms with Gasteiger partial charge >= 0.3 is 6.18 Å². The van der Waals surface area contributed by atoms with Crippen LogP contribution < -0.4 is 9.46 Å². The number of alkyl halides is 3. The van der Waals surface area contributed by atoms with E-state index in [1.807, 2.05) is 18.9 Å². The van der Waals surface area contributed by atoms with E-state index in [9.17, 15) is 31.5 Å². The van der Waals surface area contributed by atoms with Crippen LogP contribution >= 0.6 is 11.3 Å². The number of hydrogen-bond acceptors (Lipinski definition) is 7. The molecule has 228 valence electrons. The molecule has 0 fully saturated rings. The number of likely N-dealkylation sites (N-methyl/N-ethyl adjacent to an activating group) is 1. The molecule has 8 nitrogen and oxygen atoms in total. The van der Waals surface area contributed by atoms with E-state index in [0.29, 0.717) is 36.5 Å². The normalized spacial score (nSPS) is 19.0. The van der Waals surface area contributed by atoms with E-state index in [1.54, 1.807) is 41.5 Å². The maximum atomic E-state index is 13.4. The van der Waals surface area contributed by atoms with E-state index in [0.717, 1.165) is 23.5 Å². The van der Waals surface area contributed by atoms with Gasteiger partial charge in [0.15, 0.2) is 0 Å². The molecule has 3 atom stereocenters. The zero-order chi connectivity index (χ0) is 30.7. The molecule has 1 aromatic heterocycles. The van der Waals surface area contributed by atoms with Gasteiger partial charge in [0.25, 0.3) is 10.0 Å². The summed E-state index contributed by atoms with van der Waals surface area (Å²) in [6.07, 6.45) is -4.90. The fraction of sp³-hybridized carbons (Fsp3) is 0.414. The van der Waals surface area contributed by atoms with E-state index < -0.39 is 33.9 Å². The van der Waals surface area contributed by atoms with Crippen LogP contribution in [0.25, 0.3) is 0 Å². The van der Waals surface area contributed by atoms with Gasteiger partial charge in [-0.2, -0.15) is 13.2 Å². The number of aliphatic hydroxyl groups is 1. The lowest BCUT2D eigenvalue weighted by atomic mass is 10.0. The number of hydrogen-bond donors (Lipinski definition) is 2. The average molecular weight is 626 g/mol. The standard InChI is InChI=1S/C29H34F3N3O5S2/c1-19-15-35(20(2)18-36)27(37)14-22-13-24(33-42(38,39)28-5-4-12-41-28)10-11-25(22)40-26(19)17-34(3)16-21-6-8-23(9-7-21)29(30,31)32/h4-13,19-20,26,33,36H,14-18H2,1-3H3/t19-,20-,26+/m0/s1. The first kappa shape index (κ1) is 31.8. The molecule has 3 aromatic rings. The Morgan fingerprint density at radius 1 is 1.19 bits per heavy atom. The van der Waals surface area contributed by atoms with Crippen LogP contribution in [0.3, 0.4) is 0 Å². The van der Waals surface area contributed by atoms with Crippen LogP contribution in [0.15, 0.2) is 64.2 Å². The fourth-order valence-electron chi connectivity index (χ4n) is 4.82. The SMILES string of the molecule is C[C@H]1CN([C@@H](C)CO)C(=O)Cc2cc(NS(=O)(=O)c3cccs3)ccc2O[C@@H]1CN(C)Cc1ccc(C(F)(F)F)cc1. The lowest BCUT2D eigenvalue weighted by molar-refractivity contribution is -0.137. The number of aliphatic hydroxyl groups excluding tert-OH is 1. The highest BCUT2D eigenvalue weighted by Crippen LogP contribution is 2.31. The summed E-state index contributed by atoms with van der Waals surface area (Å²) < 4.78 is 73.7. The Kier molecular flexibility index (Phi) is 9.86. The van der Waals surface area contributed by atoms with Crippen LogP contribution in [0.5, 0.6) is 5.75 Å². The van der Waals surface area contributed by atoms with Crippen molar-refractivity contribution >= 4 is 33.0 Å². The summed E-state index contributed by atoms with van der Waals surface area (Å²) in [5.41, 5.74) is 0.767. The summed E-state index contributed by atoms with van der Waals surface area (Å²) in [5.74, 6) is 0.0203. The smallest absolute Gasteiger partial charge is 0.416 e. The highest BCUT2D eigenvalue weighted by atomic mass is 32.2. The third-order valence-corrected chi connectivity index (χ3v) is 9.93. The minimum Gasteiger partial charge on any atom is -0.488 e. The Morgan fingerprint density at radius 3 is 2.52 bits per heavy atom. The molecule has 1 aliphatic heterocycles. The number of carbonyl (C=O) groups excluding carboxylic acids is 1. The molecule has 0 saturated heterocycles. The van der Waals surface area contributed by atoms with Gasteiger partial charge in [-0.25, -0.2) is 8.42 Å². The molecule has 0 saturated carbocycles. The maximum absolute atomic E-state index is 13.4. The second-order valence-electron chi connectivity index (χ2n) is 10.6. The predicted octanol–water partition coefficient (Wildman–Crippen LogP) is 4.85. The Hall–Kier alpha value is -3.13. The van der Waals surface area contributed by atoms with Gasteiger partial charge in [-0.1, -0.05) is 25.1 Å². The van der Waals surface area contributed by atoms with Crippen molar-refractivity contribution < 1.29 is 36.2 Å². The van der Waals surface area contributed by atoms with Crippen molar-refractivity contribution in [2.75, 3.05) is 31.5 Å². The molecule has 0 spiro atoms. The summed E-state index contributed by atoms with van der Waals surface area (Å²) in [4.78, 5) is 17.0. The molecular formula is C29H34F3N3O5S2. The van der Waals surface area contributed by atoms with Crippen molar-refractivity contribution in [3.63, 3.8) is 0 Å². The largest absolute Gasteiger partial charge is 0.488 e. The number of benzene rings is 2. The number of nitrogens with one attached hydrogen (secondary N) is 1. The van der Waals surface area contributed by atoms with E-state index in [1.165, 1.54) is 18.2 Å². The van der Waals surface area contributed by atoms with Crippen LogP contribution in [0.1, 0.15) is 30.5 Å². The molecule has 0 radical (unpaired) electrons. The number of amides is 1. The van der Waals surface area contributed by atoms with Crippen molar-refractivity contribution in [2.45, 2.75) is 49.3 Å². The maximum Gasteiger partial charge on any atom is 0.416 e. The second kappa shape index (κ2) is 13.0. The zero-order valence-corrected chi connectivity index (χ0v) is 25.1. The van der Waals surface area contributed by atoms with Gasteiger partial charge in [0, 0.05) is 36.8 Å². The van der Waals surface area contributed by atoms with Crippen LogP contribution in [-0.4, -0.2) is 68.1 Å². The van der Waals surface area contributed by atoms with Gasteiger partial charge < -0.3 is 14.7 Å². The minimum atomic E-state index is -4.41. The number of carbonyl (C=O) groups is 1. The first-order valence-electron chi connectivity index (χ1n) is 13.4. The van der Waals surface area contributed by atoms with Crippen molar-refractivity contribution in [1.82, 2.24) is 9.80 Å². The highest BCUT2D eigenvalue weighted by molar-refractivity contribution is 7.94. The molecule has 1 amide bonds. The van der Waals surface area contributed by atoms with E-state index in [-0.39, 0.29) is 34.7 Å². The van der Waals surface area contributed by atoms with Crippen molar-refractivity contribution in [3.05, 3.63) is 76.7 Å². The van der Waals surface area contributed by atoms with Crippen LogP contribution in [0.4, 0.5) is 18.9 Å². The lowest BCUT2D eigenvalue weighted by Crippen LogP contribution is -2.47. The molecule has 2 N–H and O–H groups in total. The van der Waals surface area contributed by atoms with E-state index in [2.05, 4.69) is 4.72 Å². The van der Waals surface area contributed by atoms with Gasteiger partial charge in [0.1, 0.15) is 16.1 Å². The summed E-state index contributed by atoms with van der Waals surface area (Å²) in [5, 5.41) is 11.5. The molecule has 1 aliphatic rings. The second-order valence-corrected chi connectivity index (χ2v) is 13.5. The number of nitrogens with zero attached hydrogens (tertiary/aromatic N) is 2. The van der Waals surface area contributed by atoms with Gasteiger partial charge in [0.05, 0.1) is 24.6 Å². The number of rotatable bonds is 9. The quantitative estimate of drug-likeness (QED) is 0.353. The topological polar surface area (TPSA) is 99.2 Å². The molecule has 2 aromatic carbocycles. The molecular weight excluding hydrogens is 591 g/mol. The van der Waals surface area contributed by atoms with Gasteiger partial charge in [0.2, 0.25) is 5.91 Å².